The average molecular weight is 497 g/mol. The Morgan fingerprint density at radius 1 is 0.583 bits per heavy atom. The van der Waals surface area contributed by atoms with Crippen LogP contribution in [0.5, 0.6) is 11.5 Å². The summed E-state index contributed by atoms with van der Waals surface area (Å²) in [6.45, 7) is 23.5. The molecule has 202 valence electrons. The molecule has 2 aromatic carbocycles. The van der Waals surface area contributed by atoms with E-state index in [1.165, 1.54) is 47.9 Å². The summed E-state index contributed by atoms with van der Waals surface area (Å²) in [4.78, 5) is 5.11. The highest BCUT2D eigenvalue weighted by molar-refractivity contribution is 5.40. The third-order valence-corrected chi connectivity index (χ3v) is 7.45. The van der Waals surface area contributed by atoms with Crippen LogP contribution in [0.25, 0.3) is 0 Å². The maximum Gasteiger partial charge on any atom is 0.125 e. The summed E-state index contributed by atoms with van der Waals surface area (Å²) < 4.78 is 12.4. The van der Waals surface area contributed by atoms with E-state index in [1.807, 2.05) is 0 Å². The number of hydrogen-bond acceptors (Lipinski definition) is 4. The number of para-hydroxylation sites is 2. The Kier molecular flexibility index (Phi) is 13.4. The zero-order valence-electron chi connectivity index (χ0n) is 24.4. The largest absolute Gasteiger partial charge is 0.491 e. The first-order valence-corrected chi connectivity index (χ1v) is 14.1. The molecule has 36 heavy (non-hydrogen) atoms. The second-order valence-corrected chi connectivity index (χ2v) is 10.4. The van der Waals surface area contributed by atoms with E-state index in [9.17, 15) is 0 Å². The van der Waals surface area contributed by atoms with Gasteiger partial charge in [-0.2, -0.15) is 0 Å². The van der Waals surface area contributed by atoms with Gasteiger partial charge in [-0.15, -0.1) is 0 Å². The third kappa shape index (κ3) is 9.44. The van der Waals surface area contributed by atoms with Crippen LogP contribution in [-0.4, -0.2) is 61.3 Å². The standard InChI is InChI=1S/C32H52N2O2/c1-9-33(29(7)23-35-31-25(3)17-15-18-26(31)4)21-13-11-12-14-22-34(10-2)30(8)24-36-32-27(5)19-16-20-28(32)6/h15-20,29-30H,9-14,21-24H2,1-8H3. The monoisotopic (exact) mass is 496 g/mol. The zero-order valence-corrected chi connectivity index (χ0v) is 24.4. The lowest BCUT2D eigenvalue weighted by atomic mass is 10.1. The van der Waals surface area contributed by atoms with E-state index in [0.29, 0.717) is 12.1 Å². The quantitative estimate of drug-likeness (QED) is 0.214. The van der Waals surface area contributed by atoms with Gasteiger partial charge in [0.1, 0.15) is 24.7 Å². The van der Waals surface area contributed by atoms with Crippen LogP contribution in [0.15, 0.2) is 36.4 Å². The molecule has 2 rings (SSSR count). The molecule has 0 amide bonds. The Hall–Kier alpha value is -2.04. The molecule has 0 fully saturated rings. The predicted octanol–water partition coefficient (Wildman–Crippen LogP) is 7.36. The van der Waals surface area contributed by atoms with Crippen LogP contribution in [-0.2, 0) is 0 Å². The Morgan fingerprint density at radius 3 is 1.22 bits per heavy atom. The smallest absolute Gasteiger partial charge is 0.125 e. The van der Waals surface area contributed by atoms with Crippen molar-refractivity contribution in [2.45, 2.75) is 93.2 Å². The normalized spacial score (nSPS) is 13.3. The van der Waals surface area contributed by atoms with Gasteiger partial charge in [0.15, 0.2) is 0 Å². The Morgan fingerprint density at radius 2 is 0.917 bits per heavy atom. The lowest BCUT2D eigenvalue weighted by Gasteiger charge is -2.29. The highest BCUT2D eigenvalue weighted by Gasteiger charge is 2.15. The first-order chi connectivity index (χ1) is 17.3. The van der Waals surface area contributed by atoms with Gasteiger partial charge in [-0.25, -0.2) is 0 Å². The van der Waals surface area contributed by atoms with E-state index < -0.39 is 0 Å². The number of likely N-dealkylation sites (N-methyl/N-ethyl adjacent to an activating group) is 2. The molecular formula is C32H52N2O2. The molecule has 0 aliphatic rings. The van der Waals surface area contributed by atoms with E-state index in [2.05, 4.69) is 102 Å². The summed E-state index contributed by atoms with van der Waals surface area (Å²) in [5, 5.41) is 0. The van der Waals surface area contributed by atoms with Gasteiger partial charge >= 0.3 is 0 Å². The minimum atomic E-state index is 0.419. The molecule has 0 bridgehead atoms. The zero-order chi connectivity index (χ0) is 26.5. The molecule has 0 aliphatic carbocycles. The topological polar surface area (TPSA) is 24.9 Å². The van der Waals surface area contributed by atoms with Crippen molar-refractivity contribution < 1.29 is 9.47 Å². The maximum absolute atomic E-state index is 6.22. The van der Waals surface area contributed by atoms with Gasteiger partial charge in [0, 0.05) is 12.1 Å². The minimum absolute atomic E-state index is 0.419. The molecule has 4 nitrogen and oxygen atoms in total. The molecular weight excluding hydrogens is 444 g/mol. The van der Waals surface area contributed by atoms with Gasteiger partial charge in [-0.3, -0.25) is 9.80 Å². The molecule has 0 N–H and O–H groups in total. The first kappa shape index (κ1) is 30.2. The number of benzene rings is 2. The number of hydrogen-bond donors (Lipinski definition) is 0. The fourth-order valence-electron chi connectivity index (χ4n) is 5.04. The number of ether oxygens (including phenoxy) is 2. The molecule has 2 atom stereocenters. The van der Waals surface area contributed by atoms with Gasteiger partial charge in [0.05, 0.1) is 0 Å². The Bertz CT molecular complexity index is 784. The maximum atomic E-state index is 6.22. The van der Waals surface area contributed by atoms with Crippen molar-refractivity contribution >= 4 is 0 Å². The molecule has 0 aliphatic heterocycles. The molecule has 2 aromatic rings. The van der Waals surface area contributed by atoms with E-state index in [-0.39, 0.29) is 0 Å². The second-order valence-electron chi connectivity index (χ2n) is 10.4. The highest BCUT2D eigenvalue weighted by atomic mass is 16.5. The molecule has 0 radical (unpaired) electrons. The van der Waals surface area contributed by atoms with E-state index >= 15 is 0 Å². The van der Waals surface area contributed by atoms with Crippen molar-refractivity contribution in [1.82, 2.24) is 9.80 Å². The average Bonchev–Trinajstić information content (AvgIpc) is 2.85. The lowest BCUT2D eigenvalue weighted by Crippen LogP contribution is -2.38. The van der Waals surface area contributed by atoms with Crippen LogP contribution in [0.3, 0.4) is 0 Å². The number of nitrogens with zero attached hydrogens (tertiary/aromatic N) is 2. The minimum Gasteiger partial charge on any atom is -0.491 e. The summed E-state index contributed by atoms with van der Waals surface area (Å²) in [6, 6.07) is 13.5. The van der Waals surface area contributed by atoms with Crippen LogP contribution < -0.4 is 9.47 Å². The molecule has 0 spiro atoms. The summed E-state index contributed by atoms with van der Waals surface area (Å²) in [7, 11) is 0. The van der Waals surface area contributed by atoms with Gasteiger partial charge < -0.3 is 9.47 Å². The van der Waals surface area contributed by atoms with Gasteiger partial charge in [-0.1, -0.05) is 63.1 Å². The Labute approximate surface area is 222 Å². The van der Waals surface area contributed by atoms with E-state index in [1.54, 1.807) is 0 Å². The van der Waals surface area contributed by atoms with Crippen LogP contribution in [0.1, 0.15) is 75.6 Å². The molecule has 2 unspecified atom stereocenters. The van der Waals surface area contributed by atoms with Crippen molar-refractivity contribution in [2.75, 3.05) is 39.4 Å². The summed E-state index contributed by atoms with van der Waals surface area (Å²) in [6.07, 6.45) is 5.06. The van der Waals surface area contributed by atoms with Crippen LogP contribution in [0, 0.1) is 27.7 Å². The molecule has 0 heterocycles. The number of aryl methyl sites for hydroxylation is 4. The van der Waals surface area contributed by atoms with Crippen molar-refractivity contribution in [2.24, 2.45) is 0 Å². The van der Waals surface area contributed by atoms with Crippen molar-refractivity contribution in [3.05, 3.63) is 58.7 Å². The Balaban J connectivity index is 1.66. The van der Waals surface area contributed by atoms with Crippen molar-refractivity contribution in [3.8, 4) is 11.5 Å². The van der Waals surface area contributed by atoms with E-state index in [0.717, 1.165) is 50.9 Å². The second kappa shape index (κ2) is 15.9. The summed E-state index contributed by atoms with van der Waals surface area (Å²) in [5.41, 5.74) is 4.88. The van der Waals surface area contributed by atoms with Gasteiger partial charge in [0.25, 0.3) is 0 Å². The summed E-state index contributed by atoms with van der Waals surface area (Å²) >= 11 is 0. The fraction of sp³-hybridized carbons (Fsp3) is 0.625. The number of rotatable bonds is 17. The highest BCUT2D eigenvalue weighted by Crippen LogP contribution is 2.24. The van der Waals surface area contributed by atoms with Crippen molar-refractivity contribution in [3.63, 3.8) is 0 Å². The molecule has 4 heteroatoms. The van der Waals surface area contributed by atoms with Gasteiger partial charge in [-0.05, 0) is 103 Å². The van der Waals surface area contributed by atoms with Crippen molar-refractivity contribution in [1.29, 1.82) is 0 Å². The third-order valence-electron chi connectivity index (χ3n) is 7.45. The molecule has 0 aromatic heterocycles. The first-order valence-electron chi connectivity index (χ1n) is 14.1. The molecule has 0 saturated heterocycles. The van der Waals surface area contributed by atoms with Crippen LogP contribution in [0.2, 0.25) is 0 Å². The predicted molar refractivity (Wildman–Crippen MR) is 155 cm³/mol. The summed E-state index contributed by atoms with van der Waals surface area (Å²) in [5.74, 6) is 2.10. The van der Waals surface area contributed by atoms with E-state index in [4.69, 9.17) is 9.47 Å². The number of unbranched alkanes of at least 4 members (excludes halogenated alkanes) is 3. The van der Waals surface area contributed by atoms with Crippen LogP contribution in [0.4, 0.5) is 0 Å². The fourth-order valence-corrected chi connectivity index (χ4v) is 5.04. The SMILES string of the molecule is CCN(CCCCCCN(CC)C(C)COc1c(C)cccc1C)C(C)COc1c(C)cccc1C. The lowest BCUT2D eigenvalue weighted by molar-refractivity contribution is 0.144. The molecule has 0 saturated carbocycles. The van der Waals surface area contributed by atoms with Crippen LogP contribution >= 0.6 is 0 Å². The van der Waals surface area contributed by atoms with Gasteiger partial charge in [0.2, 0.25) is 0 Å².